The highest BCUT2D eigenvalue weighted by Gasteiger charge is 2.13. The number of esters is 1. The summed E-state index contributed by atoms with van der Waals surface area (Å²) in [7, 11) is 0. The lowest BCUT2D eigenvalue weighted by Crippen LogP contribution is -2.14. The van der Waals surface area contributed by atoms with Crippen LogP contribution in [-0.4, -0.2) is 22.8 Å². The molecule has 2 aromatic heterocycles. The fraction of sp³-hybridized carbons (Fsp3) is 0.105. The van der Waals surface area contributed by atoms with E-state index in [4.69, 9.17) is 18.3 Å². The molecule has 130 valence electrons. The highest BCUT2D eigenvalue weighted by atomic mass is 16.6. The first-order valence-electron chi connectivity index (χ1n) is 7.91. The van der Waals surface area contributed by atoms with Crippen molar-refractivity contribution < 1.29 is 23.1 Å². The number of carbonyl (C=O) groups is 1. The minimum atomic E-state index is -0.532. The first kappa shape index (κ1) is 15.9. The minimum absolute atomic E-state index is 0.131. The Kier molecular flexibility index (Phi) is 4.34. The van der Waals surface area contributed by atoms with Crippen LogP contribution in [0.1, 0.15) is 5.89 Å². The molecule has 0 fully saturated rings. The molecule has 4 rings (SSSR count). The zero-order chi connectivity index (χ0) is 17.8. The van der Waals surface area contributed by atoms with Gasteiger partial charge in [0.05, 0.1) is 6.26 Å². The number of furan rings is 1. The lowest BCUT2D eigenvalue weighted by molar-refractivity contribution is -0.148. The van der Waals surface area contributed by atoms with Gasteiger partial charge in [0.15, 0.2) is 19.0 Å². The van der Waals surface area contributed by atoms with Gasteiger partial charge in [-0.05, 0) is 35.0 Å². The summed E-state index contributed by atoms with van der Waals surface area (Å²) in [6.07, 6.45) is 1.50. The number of benzene rings is 2. The van der Waals surface area contributed by atoms with Gasteiger partial charge < -0.3 is 18.3 Å². The Morgan fingerprint density at radius 1 is 1.00 bits per heavy atom. The van der Waals surface area contributed by atoms with Gasteiger partial charge in [0.1, 0.15) is 5.75 Å². The Labute approximate surface area is 148 Å². The van der Waals surface area contributed by atoms with E-state index in [2.05, 4.69) is 10.2 Å². The molecule has 0 bridgehead atoms. The van der Waals surface area contributed by atoms with E-state index < -0.39 is 5.97 Å². The molecule has 7 nitrogen and oxygen atoms in total. The average Bonchev–Trinajstić information content (AvgIpc) is 3.36. The van der Waals surface area contributed by atoms with Gasteiger partial charge in [-0.1, -0.05) is 30.3 Å². The summed E-state index contributed by atoms with van der Waals surface area (Å²) in [6.45, 7) is -0.342. The van der Waals surface area contributed by atoms with E-state index in [1.807, 2.05) is 42.5 Å². The number of rotatable bonds is 6. The maximum atomic E-state index is 11.8. The summed E-state index contributed by atoms with van der Waals surface area (Å²) >= 11 is 0. The summed E-state index contributed by atoms with van der Waals surface area (Å²) in [5, 5.41) is 9.77. The first-order chi connectivity index (χ1) is 12.8. The standard InChI is InChI=1S/C19H14N2O5/c22-18(12-24-15-8-7-13-4-1-2-5-14(13)10-15)25-11-17-20-21-19(26-17)16-6-3-9-23-16/h1-10H,11-12H2. The molecule has 0 aliphatic heterocycles. The highest BCUT2D eigenvalue weighted by molar-refractivity contribution is 5.83. The van der Waals surface area contributed by atoms with Crippen LogP contribution in [0.15, 0.2) is 69.7 Å². The van der Waals surface area contributed by atoms with E-state index in [0.717, 1.165) is 10.8 Å². The lowest BCUT2D eigenvalue weighted by Gasteiger charge is -2.07. The van der Waals surface area contributed by atoms with E-state index >= 15 is 0 Å². The molecule has 0 radical (unpaired) electrons. The van der Waals surface area contributed by atoms with Crippen LogP contribution in [-0.2, 0) is 16.1 Å². The van der Waals surface area contributed by atoms with Crippen LogP contribution < -0.4 is 4.74 Å². The van der Waals surface area contributed by atoms with Crippen LogP contribution in [0.2, 0.25) is 0 Å². The van der Waals surface area contributed by atoms with Gasteiger partial charge in [-0.25, -0.2) is 4.79 Å². The monoisotopic (exact) mass is 350 g/mol. The number of hydrogen-bond acceptors (Lipinski definition) is 7. The summed E-state index contributed by atoms with van der Waals surface area (Å²) in [5.41, 5.74) is 0. The predicted octanol–water partition coefficient (Wildman–Crippen LogP) is 3.61. The third kappa shape index (κ3) is 3.56. The second kappa shape index (κ2) is 7.10. The molecule has 26 heavy (non-hydrogen) atoms. The molecule has 0 amide bonds. The second-order valence-corrected chi connectivity index (χ2v) is 5.44. The summed E-state index contributed by atoms with van der Waals surface area (Å²) in [5.74, 6) is 0.924. The number of fused-ring (bicyclic) bond motifs is 1. The molecule has 2 aromatic carbocycles. The van der Waals surface area contributed by atoms with E-state index in [0.29, 0.717) is 11.5 Å². The topological polar surface area (TPSA) is 87.6 Å². The van der Waals surface area contributed by atoms with Gasteiger partial charge in [0.2, 0.25) is 0 Å². The number of ether oxygens (including phenoxy) is 2. The van der Waals surface area contributed by atoms with Gasteiger partial charge >= 0.3 is 5.97 Å². The Balaban J connectivity index is 1.30. The first-order valence-corrected chi connectivity index (χ1v) is 7.91. The average molecular weight is 350 g/mol. The van der Waals surface area contributed by atoms with Crippen molar-refractivity contribution in [2.75, 3.05) is 6.61 Å². The highest BCUT2D eigenvalue weighted by Crippen LogP contribution is 2.21. The Hall–Kier alpha value is -3.61. The van der Waals surface area contributed by atoms with Crippen LogP contribution in [0.4, 0.5) is 0 Å². The smallest absolute Gasteiger partial charge is 0.344 e. The van der Waals surface area contributed by atoms with Crippen molar-refractivity contribution in [1.82, 2.24) is 10.2 Å². The van der Waals surface area contributed by atoms with Crippen molar-refractivity contribution in [2.24, 2.45) is 0 Å². The molecule has 0 saturated heterocycles. The summed E-state index contributed by atoms with van der Waals surface area (Å²) in [6, 6.07) is 16.9. The van der Waals surface area contributed by atoms with Gasteiger partial charge in [0.25, 0.3) is 11.8 Å². The largest absolute Gasteiger partial charge is 0.482 e. The van der Waals surface area contributed by atoms with Crippen LogP contribution >= 0.6 is 0 Å². The number of nitrogens with zero attached hydrogens (tertiary/aromatic N) is 2. The Bertz CT molecular complexity index is 1020. The SMILES string of the molecule is O=C(COc1ccc2ccccc2c1)OCc1nnc(-c2ccco2)o1. The van der Waals surface area contributed by atoms with Crippen molar-refractivity contribution in [2.45, 2.75) is 6.61 Å². The molecule has 0 aliphatic rings. The molecular formula is C19H14N2O5. The van der Waals surface area contributed by atoms with Crippen LogP contribution in [0.3, 0.4) is 0 Å². The van der Waals surface area contributed by atoms with Gasteiger partial charge in [-0.15, -0.1) is 10.2 Å². The van der Waals surface area contributed by atoms with Crippen molar-refractivity contribution in [3.63, 3.8) is 0 Å². The zero-order valence-corrected chi connectivity index (χ0v) is 13.6. The van der Waals surface area contributed by atoms with Crippen molar-refractivity contribution in [1.29, 1.82) is 0 Å². The maximum absolute atomic E-state index is 11.8. The zero-order valence-electron chi connectivity index (χ0n) is 13.6. The quantitative estimate of drug-likeness (QED) is 0.491. The molecule has 0 spiro atoms. The summed E-state index contributed by atoms with van der Waals surface area (Å²) < 4.78 is 21.1. The van der Waals surface area contributed by atoms with E-state index in [-0.39, 0.29) is 25.0 Å². The fourth-order valence-corrected chi connectivity index (χ4v) is 2.40. The molecule has 0 saturated carbocycles. The maximum Gasteiger partial charge on any atom is 0.344 e. The molecule has 0 unspecified atom stereocenters. The molecule has 0 N–H and O–H groups in total. The normalized spacial score (nSPS) is 10.8. The van der Waals surface area contributed by atoms with Crippen molar-refractivity contribution in [3.8, 4) is 17.4 Å². The lowest BCUT2D eigenvalue weighted by atomic mass is 10.1. The Morgan fingerprint density at radius 3 is 2.73 bits per heavy atom. The molecule has 4 aromatic rings. The number of aromatic nitrogens is 2. The van der Waals surface area contributed by atoms with Crippen LogP contribution in [0, 0.1) is 0 Å². The van der Waals surface area contributed by atoms with E-state index in [9.17, 15) is 4.79 Å². The molecular weight excluding hydrogens is 336 g/mol. The van der Waals surface area contributed by atoms with Crippen molar-refractivity contribution >= 4 is 16.7 Å². The minimum Gasteiger partial charge on any atom is -0.482 e. The van der Waals surface area contributed by atoms with Gasteiger partial charge in [-0.2, -0.15) is 0 Å². The van der Waals surface area contributed by atoms with E-state index in [1.54, 1.807) is 12.1 Å². The predicted molar refractivity (Wildman–Crippen MR) is 91.2 cm³/mol. The molecule has 0 atom stereocenters. The summed E-state index contributed by atoms with van der Waals surface area (Å²) in [4.78, 5) is 11.8. The Morgan fingerprint density at radius 2 is 1.88 bits per heavy atom. The number of carbonyl (C=O) groups excluding carboxylic acids is 1. The molecule has 2 heterocycles. The third-order valence-corrected chi connectivity index (χ3v) is 3.63. The van der Waals surface area contributed by atoms with E-state index in [1.165, 1.54) is 6.26 Å². The van der Waals surface area contributed by atoms with Gasteiger partial charge in [-0.3, -0.25) is 0 Å². The molecule has 0 aliphatic carbocycles. The van der Waals surface area contributed by atoms with Crippen molar-refractivity contribution in [3.05, 3.63) is 66.8 Å². The second-order valence-electron chi connectivity index (χ2n) is 5.44. The van der Waals surface area contributed by atoms with Crippen LogP contribution in [0.5, 0.6) is 5.75 Å². The van der Waals surface area contributed by atoms with Crippen LogP contribution in [0.25, 0.3) is 22.4 Å². The number of hydrogen-bond donors (Lipinski definition) is 0. The van der Waals surface area contributed by atoms with Gasteiger partial charge in [0, 0.05) is 0 Å². The molecule has 7 heteroatoms. The fourth-order valence-electron chi connectivity index (χ4n) is 2.40. The third-order valence-electron chi connectivity index (χ3n) is 3.63.